The van der Waals surface area contributed by atoms with Crippen molar-refractivity contribution in [3.05, 3.63) is 70.2 Å². The van der Waals surface area contributed by atoms with E-state index in [2.05, 4.69) is 4.98 Å². The second-order valence-corrected chi connectivity index (χ2v) is 8.57. The molecule has 6 nitrogen and oxygen atoms in total. The Hall–Kier alpha value is -2.90. The minimum atomic E-state index is -0.0892. The van der Waals surface area contributed by atoms with Crippen molar-refractivity contribution >= 4 is 34.8 Å². The van der Waals surface area contributed by atoms with Gasteiger partial charge in [0.2, 0.25) is 5.91 Å². The molecule has 0 bridgehead atoms. The molecule has 1 saturated heterocycles. The Labute approximate surface area is 190 Å². The van der Waals surface area contributed by atoms with Crippen LogP contribution < -0.4 is 4.74 Å². The summed E-state index contributed by atoms with van der Waals surface area (Å²) in [4.78, 5) is 32.3. The van der Waals surface area contributed by atoms with Gasteiger partial charge in [0.25, 0.3) is 5.91 Å². The topological polar surface area (TPSA) is 62.7 Å². The van der Waals surface area contributed by atoms with E-state index in [-0.39, 0.29) is 11.8 Å². The number of thiazole rings is 1. The molecule has 1 aliphatic heterocycles. The standard InChI is InChI=1S/C23H22ClN3O3S/c1-16(28)26-10-12-27(13-11-26)23(29)21-15-31-22(25-21)18-4-8-20(9-5-18)30-14-17-2-6-19(24)7-3-17/h2-9,15H,10-14H2,1H3. The van der Waals surface area contributed by atoms with Gasteiger partial charge in [0.1, 0.15) is 23.1 Å². The molecule has 2 amide bonds. The van der Waals surface area contributed by atoms with Gasteiger partial charge in [-0.2, -0.15) is 0 Å². The average Bonchev–Trinajstić information content (AvgIpc) is 3.29. The van der Waals surface area contributed by atoms with E-state index < -0.39 is 0 Å². The molecule has 0 radical (unpaired) electrons. The fourth-order valence-electron chi connectivity index (χ4n) is 3.33. The number of carbonyl (C=O) groups excluding carboxylic acids is 2. The highest BCUT2D eigenvalue weighted by Gasteiger charge is 2.24. The van der Waals surface area contributed by atoms with Crippen molar-refractivity contribution in [1.82, 2.24) is 14.8 Å². The summed E-state index contributed by atoms with van der Waals surface area (Å²) in [7, 11) is 0. The van der Waals surface area contributed by atoms with E-state index in [1.54, 1.807) is 22.1 Å². The summed E-state index contributed by atoms with van der Waals surface area (Å²) in [5.41, 5.74) is 2.42. The Bertz CT molecular complexity index is 1060. The van der Waals surface area contributed by atoms with E-state index in [1.807, 2.05) is 48.5 Å². The Morgan fingerprint density at radius 1 is 1.00 bits per heavy atom. The molecule has 0 spiro atoms. The lowest BCUT2D eigenvalue weighted by Gasteiger charge is -2.33. The van der Waals surface area contributed by atoms with Crippen LogP contribution in [-0.2, 0) is 11.4 Å². The third-order valence-electron chi connectivity index (χ3n) is 5.16. The SMILES string of the molecule is CC(=O)N1CCN(C(=O)c2csc(-c3ccc(OCc4ccc(Cl)cc4)cc3)n2)CC1. The zero-order valence-electron chi connectivity index (χ0n) is 17.1. The molecule has 0 unspecified atom stereocenters. The highest BCUT2D eigenvalue weighted by molar-refractivity contribution is 7.13. The van der Waals surface area contributed by atoms with Crippen LogP contribution in [0, 0.1) is 0 Å². The molecule has 0 atom stereocenters. The number of carbonyl (C=O) groups is 2. The quantitative estimate of drug-likeness (QED) is 0.574. The van der Waals surface area contributed by atoms with E-state index in [0.29, 0.717) is 43.5 Å². The lowest BCUT2D eigenvalue weighted by atomic mass is 10.2. The lowest BCUT2D eigenvalue weighted by molar-refractivity contribution is -0.130. The Morgan fingerprint density at radius 3 is 2.29 bits per heavy atom. The van der Waals surface area contributed by atoms with Crippen molar-refractivity contribution in [2.24, 2.45) is 0 Å². The fraction of sp³-hybridized carbons (Fsp3) is 0.261. The summed E-state index contributed by atoms with van der Waals surface area (Å²) in [6.45, 7) is 4.21. The van der Waals surface area contributed by atoms with Gasteiger partial charge in [0, 0.05) is 49.1 Å². The first-order valence-electron chi connectivity index (χ1n) is 9.97. The first-order chi connectivity index (χ1) is 15.0. The highest BCUT2D eigenvalue weighted by atomic mass is 35.5. The summed E-state index contributed by atoms with van der Waals surface area (Å²) in [5, 5.41) is 3.28. The highest BCUT2D eigenvalue weighted by Crippen LogP contribution is 2.27. The maximum Gasteiger partial charge on any atom is 0.273 e. The minimum Gasteiger partial charge on any atom is -0.489 e. The molecule has 160 valence electrons. The molecule has 0 aliphatic carbocycles. The Balaban J connectivity index is 1.35. The number of amides is 2. The second-order valence-electron chi connectivity index (χ2n) is 7.28. The predicted octanol–water partition coefficient (Wildman–Crippen LogP) is 4.35. The lowest BCUT2D eigenvalue weighted by Crippen LogP contribution is -2.50. The monoisotopic (exact) mass is 455 g/mol. The van der Waals surface area contributed by atoms with Gasteiger partial charge in [-0.05, 0) is 42.0 Å². The van der Waals surface area contributed by atoms with E-state index in [4.69, 9.17) is 16.3 Å². The molecule has 0 saturated carbocycles. The molecule has 3 aromatic rings. The van der Waals surface area contributed by atoms with Gasteiger partial charge >= 0.3 is 0 Å². The number of nitrogens with zero attached hydrogens (tertiary/aromatic N) is 3. The summed E-state index contributed by atoms with van der Waals surface area (Å²) in [6.07, 6.45) is 0. The first-order valence-corrected chi connectivity index (χ1v) is 11.2. The zero-order valence-corrected chi connectivity index (χ0v) is 18.7. The van der Waals surface area contributed by atoms with E-state index >= 15 is 0 Å². The Kier molecular flexibility index (Phi) is 6.53. The second kappa shape index (κ2) is 9.49. The van der Waals surface area contributed by atoms with Crippen LogP contribution >= 0.6 is 22.9 Å². The first kappa shape index (κ1) is 21.3. The molecule has 2 aromatic carbocycles. The molecular formula is C23H22ClN3O3S. The maximum atomic E-state index is 12.8. The largest absolute Gasteiger partial charge is 0.489 e. The van der Waals surface area contributed by atoms with Crippen molar-refractivity contribution in [3.63, 3.8) is 0 Å². The number of piperazine rings is 1. The van der Waals surface area contributed by atoms with Gasteiger partial charge < -0.3 is 14.5 Å². The molecule has 1 aromatic heterocycles. The summed E-state index contributed by atoms with van der Waals surface area (Å²) >= 11 is 7.34. The number of halogens is 1. The maximum absolute atomic E-state index is 12.8. The molecule has 1 fully saturated rings. The smallest absolute Gasteiger partial charge is 0.273 e. The fourth-order valence-corrected chi connectivity index (χ4v) is 4.26. The number of ether oxygens (including phenoxy) is 1. The number of rotatable bonds is 5. The molecular weight excluding hydrogens is 434 g/mol. The number of benzene rings is 2. The average molecular weight is 456 g/mol. The van der Waals surface area contributed by atoms with Crippen LogP contribution in [0.5, 0.6) is 5.75 Å². The summed E-state index contributed by atoms with van der Waals surface area (Å²) < 4.78 is 5.82. The molecule has 1 aliphatic rings. The van der Waals surface area contributed by atoms with Crippen LogP contribution in [0.15, 0.2) is 53.9 Å². The van der Waals surface area contributed by atoms with Gasteiger partial charge in [0.15, 0.2) is 0 Å². The summed E-state index contributed by atoms with van der Waals surface area (Å²) in [5.74, 6) is 0.715. The van der Waals surface area contributed by atoms with Gasteiger partial charge in [-0.15, -0.1) is 11.3 Å². The minimum absolute atomic E-state index is 0.0450. The van der Waals surface area contributed by atoms with Crippen molar-refractivity contribution in [2.45, 2.75) is 13.5 Å². The van der Waals surface area contributed by atoms with Gasteiger partial charge in [-0.1, -0.05) is 23.7 Å². The normalized spacial score (nSPS) is 13.9. The van der Waals surface area contributed by atoms with Gasteiger partial charge in [-0.3, -0.25) is 9.59 Å². The third-order valence-corrected chi connectivity index (χ3v) is 6.30. The zero-order chi connectivity index (χ0) is 21.8. The number of hydrogen-bond donors (Lipinski definition) is 0. The molecule has 0 N–H and O–H groups in total. The van der Waals surface area contributed by atoms with Gasteiger partial charge in [-0.25, -0.2) is 4.98 Å². The number of aromatic nitrogens is 1. The van der Waals surface area contributed by atoms with Crippen LogP contribution in [-0.4, -0.2) is 52.8 Å². The van der Waals surface area contributed by atoms with E-state index in [9.17, 15) is 9.59 Å². The molecule has 31 heavy (non-hydrogen) atoms. The summed E-state index contributed by atoms with van der Waals surface area (Å²) in [6, 6.07) is 15.2. The van der Waals surface area contributed by atoms with Crippen LogP contribution in [0.1, 0.15) is 23.0 Å². The molecule has 2 heterocycles. The Morgan fingerprint density at radius 2 is 1.65 bits per heavy atom. The van der Waals surface area contributed by atoms with Crippen LogP contribution in [0.2, 0.25) is 5.02 Å². The van der Waals surface area contributed by atoms with E-state index in [0.717, 1.165) is 21.9 Å². The van der Waals surface area contributed by atoms with Gasteiger partial charge in [0.05, 0.1) is 0 Å². The van der Waals surface area contributed by atoms with Crippen molar-refractivity contribution < 1.29 is 14.3 Å². The van der Waals surface area contributed by atoms with Crippen molar-refractivity contribution in [2.75, 3.05) is 26.2 Å². The predicted molar refractivity (Wildman–Crippen MR) is 121 cm³/mol. The third kappa shape index (κ3) is 5.24. The van der Waals surface area contributed by atoms with Crippen LogP contribution in [0.4, 0.5) is 0 Å². The number of hydrogen-bond acceptors (Lipinski definition) is 5. The molecule has 4 rings (SSSR count). The van der Waals surface area contributed by atoms with Crippen molar-refractivity contribution in [1.29, 1.82) is 0 Å². The molecule has 8 heteroatoms. The van der Waals surface area contributed by atoms with Crippen molar-refractivity contribution in [3.8, 4) is 16.3 Å². The van der Waals surface area contributed by atoms with E-state index in [1.165, 1.54) is 11.3 Å². The van der Waals surface area contributed by atoms with Crippen LogP contribution in [0.3, 0.4) is 0 Å². The van der Waals surface area contributed by atoms with Crippen LogP contribution in [0.25, 0.3) is 10.6 Å².